The van der Waals surface area contributed by atoms with Gasteiger partial charge >= 0.3 is 0 Å². The van der Waals surface area contributed by atoms with Gasteiger partial charge in [-0.25, -0.2) is 0 Å². The van der Waals surface area contributed by atoms with Crippen LogP contribution in [0.2, 0.25) is 0 Å². The van der Waals surface area contributed by atoms with E-state index < -0.39 is 0 Å². The number of amides is 2. The fourth-order valence-electron chi connectivity index (χ4n) is 1.83. The molecule has 2 aromatic rings. The molecule has 0 fully saturated rings. The lowest BCUT2D eigenvalue weighted by Gasteiger charge is -2.10. The molecule has 2 amide bonds. The topological polar surface area (TPSA) is 49.4 Å². The van der Waals surface area contributed by atoms with Crippen LogP contribution in [0.4, 0.5) is 5.69 Å². The van der Waals surface area contributed by atoms with Crippen molar-refractivity contribution in [2.24, 2.45) is 0 Å². The quantitative estimate of drug-likeness (QED) is 0.945. The first-order valence-corrected chi connectivity index (χ1v) is 7.40. The molecule has 0 aliphatic rings. The molecule has 4 nitrogen and oxygen atoms in total. The first-order chi connectivity index (χ1) is 9.88. The molecule has 0 bridgehead atoms. The van der Waals surface area contributed by atoms with Gasteiger partial charge in [-0.05, 0) is 49.7 Å². The van der Waals surface area contributed by atoms with Crippen LogP contribution in [0, 0.1) is 13.8 Å². The number of rotatable bonds is 3. The molecule has 0 aliphatic carbocycles. The van der Waals surface area contributed by atoms with Crippen molar-refractivity contribution in [1.29, 1.82) is 0 Å². The fourth-order valence-corrected chi connectivity index (χ4v) is 2.76. The van der Waals surface area contributed by atoms with E-state index in [2.05, 4.69) is 5.32 Å². The van der Waals surface area contributed by atoms with E-state index in [1.54, 1.807) is 38.4 Å². The molecule has 0 saturated carbocycles. The van der Waals surface area contributed by atoms with Gasteiger partial charge in [0, 0.05) is 30.2 Å². The molecule has 0 atom stereocenters. The van der Waals surface area contributed by atoms with Gasteiger partial charge in [-0.1, -0.05) is 0 Å². The Kier molecular flexibility index (Phi) is 4.43. The van der Waals surface area contributed by atoms with Crippen molar-refractivity contribution in [3.8, 4) is 0 Å². The average Bonchev–Trinajstić information content (AvgIpc) is 2.79. The summed E-state index contributed by atoms with van der Waals surface area (Å²) in [5.74, 6) is -0.180. The van der Waals surface area contributed by atoms with Gasteiger partial charge in [0.05, 0.1) is 4.88 Å². The molecule has 110 valence electrons. The zero-order valence-corrected chi connectivity index (χ0v) is 13.4. The lowest BCUT2D eigenvalue weighted by atomic mass is 10.2. The molecule has 0 saturated heterocycles. The molecule has 1 heterocycles. The Labute approximate surface area is 128 Å². The highest BCUT2D eigenvalue weighted by molar-refractivity contribution is 7.14. The monoisotopic (exact) mass is 302 g/mol. The van der Waals surface area contributed by atoms with E-state index in [-0.39, 0.29) is 11.8 Å². The molecule has 0 spiro atoms. The number of benzene rings is 1. The Hall–Kier alpha value is -2.14. The van der Waals surface area contributed by atoms with E-state index in [1.807, 2.05) is 19.9 Å². The summed E-state index contributed by atoms with van der Waals surface area (Å²) in [6.07, 6.45) is 0. The van der Waals surface area contributed by atoms with Crippen LogP contribution in [0.3, 0.4) is 0 Å². The molecule has 21 heavy (non-hydrogen) atoms. The van der Waals surface area contributed by atoms with Crippen molar-refractivity contribution in [3.63, 3.8) is 0 Å². The molecule has 0 radical (unpaired) electrons. The zero-order chi connectivity index (χ0) is 15.6. The van der Waals surface area contributed by atoms with Crippen molar-refractivity contribution in [2.75, 3.05) is 19.4 Å². The summed E-state index contributed by atoms with van der Waals surface area (Å²) < 4.78 is 0. The molecular weight excluding hydrogens is 284 g/mol. The Morgan fingerprint density at radius 3 is 2.19 bits per heavy atom. The molecule has 0 unspecified atom stereocenters. The second-order valence-corrected chi connectivity index (χ2v) is 6.34. The van der Waals surface area contributed by atoms with Gasteiger partial charge < -0.3 is 10.2 Å². The largest absolute Gasteiger partial charge is 0.345 e. The maximum absolute atomic E-state index is 12.1. The predicted molar refractivity (Wildman–Crippen MR) is 86.2 cm³/mol. The Bertz CT molecular complexity index is 653. The summed E-state index contributed by atoms with van der Waals surface area (Å²) in [6.45, 7) is 3.99. The van der Waals surface area contributed by atoms with Gasteiger partial charge in [0.25, 0.3) is 11.8 Å². The van der Waals surface area contributed by atoms with E-state index in [4.69, 9.17) is 0 Å². The van der Waals surface area contributed by atoms with E-state index in [0.717, 1.165) is 10.4 Å². The van der Waals surface area contributed by atoms with Crippen LogP contribution < -0.4 is 5.32 Å². The number of anilines is 1. The number of carbonyl (C=O) groups is 2. The van der Waals surface area contributed by atoms with Crippen LogP contribution in [0.15, 0.2) is 30.3 Å². The summed E-state index contributed by atoms with van der Waals surface area (Å²) in [7, 11) is 3.42. The predicted octanol–water partition coefficient (Wildman–Crippen LogP) is 3.32. The molecule has 5 heteroatoms. The second kappa shape index (κ2) is 6.10. The Balaban J connectivity index is 2.10. The first-order valence-electron chi connectivity index (χ1n) is 6.58. The molecule has 1 aromatic heterocycles. The van der Waals surface area contributed by atoms with Crippen molar-refractivity contribution in [3.05, 3.63) is 51.2 Å². The summed E-state index contributed by atoms with van der Waals surface area (Å²) in [5.41, 5.74) is 2.40. The van der Waals surface area contributed by atoms with Crippen molar-refractivity contribution < 1.29 is 9.59 Å². The van der Waals surface area contributed by atoms with Crippen LogP contribution in [-0.2, 0) is 0 Å². The lowest BCUT2D eigenvalue weighted by molar-refractivity contribution is 0.0827. The third-order valence-electron chi connectivity index (χ3n) is 3.19. The van der Waals surface area contributed by atoms with Gasteiger partial charge in [0.2, 0.25) is 0 Å². The molecule has 1 aromatic carbocycles. The van der Waals surface area contributed by atoms with E-state index in [1.165, 1.54) is 16.2 Å². The van der Waals surface area contributed by atoms with Crippen molar-refractivity contribution in [1.82, 2.24) is 4.90 Å². The summed E-state index contributed by atoms with van der Waals surface area (Å²) >= 11 is 1.48. The first kappa shape index (κ1) is 15.3. The van der Waals surface area contributed by atoms with Crippen molar-refractivity contribution in [2.45, 2.75) is 13.8 Å². The van der Waals surface area contributed by atoms with Crippen LogP contribution in [0.1, 0.15) is 30.5 Å². The highest BCUT2D eigenvalue weighted by Crippen LogP contribution is 2.22. The number of thiophene rings is 1. The summed E-state index contributed by atoms with van der Waals surface area (Å²) in [6, 6.07) is 8.79. The Morgan fingerprint density at radius 2 is 1.71 bits per heavy atom. The third kappa shape index (κ3) is 3.49. The van der Waals surface area contributed by atoms with E-state index in [9.17, 15) is 9.59 Å². The SMILES string of the molecule is Cc1cc(C(=O)Nc2ccc(C(=O)N(C)C)cc2)sc1C. The normalized spacial score (nSPS) is 10.3. The second-order valence-electron chi connectivity index (χ2n) is 5.08. The lowest BCUT2D eigenvalue weighted by Crippen LogP contribution is -2.21. The number of hydrogen-bond acceptors (Lipinski definition) is 3. The summed E-state index contributed by atoms with van der Waals surface area (Å²) in [4.78, 5) is 27.3. The van der Waals surface area contributed by atoms with Gasteiger partial charge in [-0.15, -0.1) is 11.3 Å². The van der Waals surface area contributed by atoms with Crippen LogP contribution >= 0.6 is 11.3 Å². The van der Waals surface area contributed by atoms with Crippen LogP contribution in [0.25, 0.3) is 0 Å². The molecule has 0 aliphatic heterocycles. The maximum Gasteiger partial charge on any atom is 0.265 e. The smallest absolute Gasteiger partial charge is 0.265 e. The van der Waals surface area contributed by atoms with Gasteiger partial charge in [0.15, 0.2) is 0 Å². The van der Waals surface area contributed by atoms with Crippen LogP contribution in [-0.4, -0.2) is 30.8 Å². The van der Waals surface area contributed by atoms with Crippen LogP contribution in [0.5, 0.6) is 0 Å². The minimum Gasteiger partial charge on any atom is -0.345 e. The van der Waals surface area contributed by atoms with E-state index in [0.29, 0.717) is 16.1 Å². The highest BCUT2D eigenvalue weighted by atomic mass is 32.1. The standard InChI is InChI=1S/C16H18N2O2S/c1-10-9-14(21-11(10)2)15(19)17-13-7-5-12(6-8-13)16(20)18(3)4/h5-9H,1-4H3,(H,17,19). The number of nitrogens with zero attached hydrogens (tertiary/aromatic N) is 1. The van der Waals surface area contributed by atoms with Gasteiger partial charge in [0.1, 0.15) is 0 Å². The number of aryl methyl sites for hydroxylation is 2. The summed E-state index contributed by atoms with van der Waals surface area (Å²) in [5, 5.41) is 2.84. The number of hydrogen-bond donors (Lipinski definition) is 1. The van der Waals surface area contributed by atoms with E-state index >= 15 is 0 Å². The van der Waals surface area contributed by atoms with Gasteiger partial charge in [-0.3, -0.25) is 9.59 Å². The molecular formula is C16H18N2O2S. The average molecular weight is 302 g/mol. The zero-order valence-electron chi connectivity index (χ0n) is 12.6. The number of nitrogens with one attached hydrogen (secondary N) is 1. The molecule has 2 rings (SSSR count). The number of carbonyl (C=O) groups excluding carboxylic acids is 2. The van der Waals surface area contributed by atoms with Gasteiger partial charge in [-0.2, -0.15) is 0 Å². The minimum absolute atomic E-state index is 0.0580. The Morgan fingerprint density at radius 1 is 1.10 bits per heavy atom. The van der Waals surface area contributed by atoms with Crippen molar-refractivity contribution >= 4 is 28.8 Å². The minimum atomic E-state index is -0.122. The molecule has 1 N–H and O–H groups in total. The fraction of sp³-hybridized carbons (Fsp3) is 0.250. The third-order valence-corrected chi connectivity index (χ3v) is 4.34. The maximum atomic E-state index is 12.1. The highest BCUT2D eigenvalue weighted by Gasteiger charge is 2.12.